The van der Waals surface area contributed by atoms with E-state index in [0.29, 0.717) is 36.7 Å². The third-order valence-electron chi connectivity index (χ3n) is 4.13. The first-order chi connectivity index (χ1) is 12.1. The minimum Gasteiger partial charge on any atom is -0.496 e. The monoisotopic (exact) mass is 378 g/mol. The molecule has 0 radical (unpaired) electrons. The second kappa shape index (κ2) is 10.7. The van der Waals surface area contributed by atoms with Gasteiger partial charge in [0.15, 0.2) is 0 Å². The summed E-state index contributed by atoms with van der Waals surface area (Å²) in [6.07, 6.45) is 0.749. The Hall–Kier alpha value is -2.24. The SMILES string of the molecule is COc1cc(C(=O)N(CCCN)Cc2ccccc2)cc(OC)c1C.Cl. The number of carbonyl (C=O) groups is 1. The van der Waals surface area contributed by atoms with Gasteiger partial charge in [0.2, 0.25) is 0 Å². The first-order valence-corrected chi connectivity index (χ1v) is 8.36. The Bertz CT molecular complexity index is 682. The molecular formula is C20H27ClN2O3. The van der Waals surface area contributed by atoms with Crippen molar-refractivity contribution in [2.45, 2.75) is 19.9 Å². The van der Waals surface area contributed by atoms with Crippen LogP contribution in [0, 0.1) is 6.92 Å². The number of benzene rings is 2. The van der Waals surface area contributed by atoms with E-state index in [0.717, 1.165) is 17.5 Å². The van der Waals surface area contributed by atoms with Gasteiger partial charge in [0.05, 0.1) is 14.2 Å². The van der Waals surface area contributed by atoms with E-state index < -0.39 is 0 Å². The van der Waals surface area contributed by atoms with Crippen molar-refractivity contribution in [3.8, 4) is 11.5 Å². The van der Waals surface area contributed by atoms with E-state index in [1.165, 1.54) is 0 Å². The average molecular weight is 379 g/mol. The Labute approximate surface area is 161 Å². The molecule has 0 aliphatic rings. The van der Waals surface area contributed by atoms with Crippen LogP contribution in [-0.2, 0) is 6.54 Å². The number of ether oxygens (including phenoxy) is 2. The van der Waals surface area contributed by atoms with Crippen LogP contribution in [0.5, 0.6) is 11.5 Å². The second-order valence-corrected chi connectivity index (χ2v) is 5.86. The number of rotatable bonds is 8. The fraction of sp³-hybridized carbons (Fsp3) is 0.350. The van der Waals surface area contributed by atoms with Gasteiger partial charge in [-0.1, -0.05) is 30.3 Å². The van der Waals surface area contributed by atoms with Crippen LogP contribution >= 0.6 is 12.4 Å². The lowest BCUT2D eigenvalue weighted by Gasteiger charge is -2.23. The van der Waals surface area contributed by atoms with Crippen LogP contribution in [0.2, 0.25) is 0 Å². The normalized spacial score (nSPS) is 10.0. The molecule has 2 aromatic carbocycles. The van der Waals surface area contributed by atoms with Crippen molar-refractivity contribution >= 4 is 18.3 Å². The Balaban J connectivity index is 0.00000338. The fourth-order valence-electron chi connectivity index (χ4n) is 2.73. The highest BCUT2D eigenvalue weighted by Gasteiger charge is 2.19. The van der Waals surface area contributed by atoms with Crippen molar-refractivity contribution in [1.82, 2.24) is 4.90 Å². The predicted octanol–water partition coefficient (Wildman–Crippen LogP) is 3.43. The van der Waals surface area contributed by atoms with Crippen LogP contribution < -0.4 is 15.2 Å². The number of hydrogen-bond acceptors (Lipinski definition) is 4. The van der Waals surface area contributed by atoms with Crippen LogP contribution in [0.4, 0.5) is 0 Å². The van der Waals surface area contributed by atoms with Crippen LogP contribution in [0.3, 0.4) is 0 Å². The molecule has 0 atom stereocenters. The second-order valence-electron chi connectivity index (χ2n) is 5.86. The maximum Gasteiger partial charge on any atom is 0.254 e. The Kier molecular flexibility index (Phi) is 8.96. The van der Waals surface area contributed by atoms with Gasteiger partial charge in [-0.15, -0.1) is 12.4 Å². The standard InChI is InChI=1S/C20H26N2O3.ClH/c1-15-18(24-2)12-17(13-19(15)25-3)20(23)22(11-7-10-21)14-16-8-5-4-6-9-16;/h4-6,8-9,12-13H,7,10-11,14,21H2,1-3H3;1H. The maximum absolute atomic E-state index is 13.1. The molecule has 5 nitrogen and oxygen atoms in total. The zero-order valence-electron chi connectivity index (χ0n) is 15.5. The summed E-state index contributed by atoms with van der Waals surface area (Å²) in [6.45, 7) is 3.59. The number of halogens is 1. The molecule has 0 spiro atoms. The Morgan fingerprint density at radius 2 is 1.65 bits per heavy atom. The molecule has 0 fully saturated rings. The summed E-state index contributed by atoms with van der Waals surface area (Å²) < 4.78 is 10.8. The van der Waals surface area contributed by atoms with E-state index in [1.54, 1.807) is 26.4 Å². The highest BCUT2D eigenvalue weighted by molar-refractivity contribution is 5.95. The van der Waals surface area contributed by atoms with Crippen molar-refractivity contribution in [1.29, 1.82) is 0 Å². The van der Waals surface area contributed by atoms with Crippen LogP contribution in [0.1, 0.15) is 27.9 Å². The number of methoxy groups -OCH3 is 2. The minimum atomic E-state index is -0.0612. The number of hydrogen-bond donors (Lipinski definition) is 1. The van der Waals surface area contributed by atoms with E-state index in [1.807, 2.05) is 42.2 Å². The minimum absolute atomic E-state index is 0. The van der Waals surface area contributed by atoms with Crippen LogP contribution in [-0.4, -0.2) is 38.1 Å². The first kappa shape index (κ1) is 21.8. The van der Waals surface area contributed by atoms with Crippen molar-refractivity contribution in [3.63, 3.8) is 0 Å². The molecular weight excluding hydrogens is 352 g/mol. The average Bonchev–Trinajstić information content (AvgIpc) is 2.65. The van der Waals surface area contributed by atoms with Crippen LogP contribution in [0.15, 0.2) is 42.5 Å². The van der Waals surface area contributed by atoms with E-state index in [4.69, 9.17) is 15.2 Å². The lowest BCUT2D eigenvalue weighted by atomic mass is 10.1. The third kappa shape index (κ3) is 5.38. The molecule has 142 valence electrons. The quantitative estimate of drug-likeness (QED) is 0.764. The lowest BCUT2D eigenvalue weighted by molar-refractivity contribution is 0.0741. The van der Waals surface area contributed by atoms with E-state index in [9.17, 15) is 4.79 Å². The Morgan fingerprint density at radius 1 is 1.08 bits per heavy atom. The summed E-state index contributed by atoms with van der Waals surface area (Å²) in [6, 6.07) is 13.5. The zero-order valence-corrected chi connectivity index (χ0v) is 16.3. The van der Waals surface area contributed by atoms with Gasteiger partial charge < -0.3 is 20.1 Å². The molecule has 0 aliphatic heterocycles. The molecule has 0 bridgehead atoms. The molecule has 26 heavy (non-hydrogen) atoms. The topological polar surface area (TPSA) is 64.8 Å². The van der Waals surface area contributed by atoms with Gasteiger partial charge in [0.1, 0.15) is 11.5 Å². The molecule has 0 unspecified atom stereocenters. The highest BCUT2D eigenvalue weighted by Crippen LogP contribution is 2.30. The van der Waals surface area contributed by atoms with Gasteiger partial charge in [-0.05, 0) is 37.6 Å². The molecule has 2 N–H and O–H groups in total. The van der Waals surface area contributed by atoms with Crippen molar-refractivity contribution in [2.75, 3.05) is 27.3 Å². The number of carbonyl (C=O) groups excluding carboxylic acids is 1. The summed E-state index contributed by atoms with van der Waals surface area (Å²) in [5, 5.41) is 0. The van der Waals surface area contributed by atoms with Gasteiger partial charge in [-0.2, -0.15) is 0 Å². The Morgan fingerprint density at radius 3 is 2.15 bits per heavy atom. The van der Waals surface area contributed by atoms with E-state index in [-0.39, 0.29) is 18.3 Å². The molecule has 0 aromatic heterocycles. The lowest BCUT2D eigenvalue weighted by Crippen LogP contribution is -2.32. The molecule has 2 rings (SSSR count). The van der Waals surface area contributed by atoms with Crippen LogP contribution in [0.25, 0.3) is 0 Å². The summed E-state index contributed by atoms with van der Waals surface area (Å²) in [5.74, 6) is 1.22. The molecule has 1 amide bonds. The summed E-state index contributed by atoms with van der Waals surface area (Å²) in [7, 11) is 3.18. The summed E-state index contributed by atoms with van der Waals surface area (Å²) in [4.78, 5) is 14.9. The van der Waals surface area contributed by atoms with E-state index in [2.05, 4.69) is 0 Å². The molecule has 0 aliphatic carbocycles. The predicted molar refractivity (Wildman–Crippen MR) is 106 cm³/mol. The van der Waals surface area contributed by atoms with Crippen molar-refractivity contribution in [3.05, 3.63) is 59.2 Å². The molecule has 0 saturated heterocycles. The van der Waals surface area contributed by atoms with E-state index >= 15 is 0 Å². The molecule has 0 saturated carbocycles. The third-order valence-corrected chi connectivity index (χ3v) is 4.13. The highest BCUT2D eigenvalue weighted by atomic mass is 35.5. The van der Waals surface area contributed by atoms with Crippen molar-refractivity contribution in [2.24, 2.45) is 5.73 Å². The molecule has 6 heteroatoms. The molecule has 2 aromatic rings. The van der Waals surface area contributed by atoms with Gasteiger partial charge in [0.25, 0.3) is 5.91 Å². The summed E-state index contributed by atoms with van der Waals surface area (Å²) in [5.41, 5.74) is 8.15. The zero-order chi connectivity index (χ0) is 18.2. The maximum atomic E-state index is 13.1. The fourth-order valence-corrected chi connectivity index (χ4v) is 2.73. The largest absolute Gasteiger partial charge is 0.496 e. The number of nitrogens with two attached hydrogens (primary N) is 1. The van der Waals surface area contributed by atoms with Gasteiger partial charge >= 0.3 is 0 Å². The van der Waals surface area contributed by atoms with Gasteiger partial charge in [0, 0.05) is 24.2 Å². The first-order valence-electron chi connectivity index (χ1n) is 8.36. The summed E-state index contributed by atoms with van der Waals surface area (Å²) >= 11 is 0. The number of amides is 1. The van der Waals surface area contributed by atoms with Gasteiger partial charge in [-0.25, -0.2) is 0 Å². The number of nitrogens with zero attached hydrogens (tertiary/aromatic N) is 1. The van der Waals surface area contributed by atoms with Crippen molar-refractivity contribution < 1.29 is 14.3 Å². The van der Waals surface area contributed by atoms with Gasteiger partial charge in [-0.3, -0.25) is 4.79 Å². The smallest absolute Gasteiger partial charge is 0.254 e. The molecule has 0 heterocycles.